The predicted octanol–water partition coefficient (Wildman–Crippen LogP) is 5.91. The highest BCUT2D eigenvalue weighted by Gasteiger charge is 2.18. The maximum absolute atomic E-state index is 6.33. The van der Waals surface area contributed by atoms with E-state index in [0.717, 1.165) is 22.3 Å². The monoisotopic (exact) mass is 377 g/mol. The van der Waals surface area contributed by atoms with Gasteiger partial charge in [-0.05, 0) is 58.7 Å². The van der Waals surface area contributed by atoms with Crippen LogP contribution in [0, 0.1) is 0 Å². The molecule has 5 heteroatoms. The highest BCUT2D eigenvalue weighted by molar-refractivity contribution is 9.11. The van der Waals surface area contributed by atoms with Crippen molar-refractivity contribution in [2.24, 2.45) is 0 Å². The molecule has 0 radical (unpaired) electrons. The molecule has 2 aromatic rings. The van der Waals surface area contributed by atoms with E-state index in [-0.39, 0.29) is 6.04 Å². The summed E-state index contributed by atoms with van der Waals surface area (Å²) in [5.74, 6) is 0. The fourth-order valence-electron chi connectivity index (χ4n) is 1.87. The Labute approximate surface area is 136 Å². The van der Waals surface area contributed by atoms with Crippen LogP contribution in [0.4, 0.5) is 0 Å². The summed E-state index contributed by atoms with van der Waals surface area (Å²) in [7, 11) is 0. The average molecular weight is 379 g/mol. The molecular weight excluding hydrogens is 365 g/mol. The Morgan fingerprint density at radius 2 is 2.05 bits per heavy atom. The minimum absolute atomic E-state index is 0.112. The quantitative estimate of drug-likeness (QED) is 0.682. The normalized spacial score (nSPS) is 12.6. The molecule has 0 bridgehead atoms. The Morgan fingerprint density at radius 1 is 1.26 bits per heavy atom. The zero-order valence-corrected chi connectivity index (χ0v) is 14.3. The van der Waals surface area contributed by atoms with E-state index in [1.54, 1.807) is 17.4 Å². The van der Waals surface area contributed by atoms with E-state index in [1.807, 2.05) is 12.1 Å². The standard InChI is InChI=1S/C14H14BrCl2NS/c1-2-7-18-14(12-5-6-13(15)19-12)10-4-3-9(16)8-11(10)17/h3-6,8,14,18H,2,7H2,1H3. The highest BCUT2D eigenvalue weighted by atomic mass is 79.9. The molecule has 1 nitrogen and oxygen atoms in total. The summed E-state index contributed by atoms with van der Waals surface area (Å²) in [5, 5.41) is 4.90. The van der Waals surface area contributed by atoms with Crippen LogP contribution < -0.4 is 5.32 Å². The molecule has 0 saturated carbocycles. The Morgan fingerprint density at radius 3 is 2.63 bits per heavy atom. The van der Waals surface area contributed by atoms with Crippen molar-refractivity contribution in [2.75, 3.05) is 6.54 Å². The van der Waals surface area contributed by atoms with Crippen LogP contribution in [-0.4, -0.2) is 6.54 Å². The van der Waals surface area contributed by atoms with Gasteiger partial charge in [0.2, 0.25) is 0 Å². The van der Waals surface area contributed by atoms with Gasteiger partial charge in [0.15, 0.2) is 0 Å². The zero-order chi connectivity index (χ0) is 13.8. The van der Waals surface area contributed by atoms with E-state index in [4.69, 9.17) is 23.2 Å². The molecule has 0 saturated heterocycles. The van der Waals surface area contributed by atoms with Crippen LogP contribution in [0.25, 0.3) is 0 Å². The first-order valence-corrected chi connectivity index (χ1v) is 8.42. The summed E-state index contributed by atoms with van der Waals surface area (Å²) in [6, 6.07) is 9.96. The number of benzene rings is 1. The molecule has 2 rings (SSSR count). The van der Waals surface area contributed by atoms with Crippen molar-refractivity contribution in [3.05, 3.63) is 54.6 Å². The van der Waals surface area contributed by atoms with E-state index in [9.17, 15) is 0 Å². The molecule has 1 atom stereocenters. The van der Waals surface area contributed by atoms with Crippen molar-refractivity contribution in [2.45, 2.75) is 19.4 Å². The lowest BCUT2D eigenvalue weighted by molar-refractivity contribution is 0.606. The van der Waals surface area contributed by atoms with Crippen LogP contribution >= 0.6 is 50.5 Å². The predicted molar refractivity (Wildman–Crippen MR) is 88.6 cm³/mol. The first-order chi connectivity index (χ1) is 9.11. The number of thiophene rings is 1. The molecule has 1 aromatic heterocycles. The van der Waals surface area contributed by atoms with Crippen LogP contribution in [-0.2, 0) is 0 Å². The van der Waals surface area contributed by atoms with Crippen molar-refractivity contribution in [1.29, 1.82) is 0 Å². The smallest absolute Gasteiger partial charge is 0.0702 e. The van der Waals surface area contributed by atoms with Gasteiger partial charge in [0.25, 0.3) is 0 Å². The molecule has 0 fully saturated rings. The number of hydrogen-bond acceptors (Lipinski definition) is 2. The van der Waals surface area contributed by atoms with Crippen molar-refractivity contribution >= 4 is 50.5 Å². The molecule has 1 unspecified atom stereocenters. The summed E-state index contributed by atoms with van der Waals surface area (Å²) in [6.07, 6.45) is 1.08. The lowest BCUT2D eigenvalue weighted by Gasteiger charge is -2.19. The van der Waals surface area contributed by atoms with Gasteiger partial charge in [-0.1, -0.05) is 36.2 Å². The van der Waals surface area contributed by atoms with Gasteiger partial charge >= 0.3 is 0 Å². The van der Waals surface area contributed by atoms with Crippen LogP contribution in [0.1, 0.15) is 29.8 Å². The maximum Gasteiger partial charge on any atom is 0.0702 e. The largest absolute Gasteiger partial charge is 0.306 e. The van der Waals surface area contributed by atoms with E-state index >= 15 is 0 Å². The third kappa shape index (κ3) is 3.96. The Hall–Kier alpha value is -0.0600. The fourth-order valence-corrected chi connectivity index (χ4v) is 3.91. The first kappa shape index (κ1) is 15.3. The fraction of sp³-hybridized carbons (Fsp3) is 0.286. The SMILES string of the molecule is CCCNC(c1ccc(Br)s1)c1ccc(Cl)cc1Cl. The van der Waals surface area contributed by atoms with Gasteiger partial charge in [0, 0.05) is 14.9 Å². The third-order valence-corrected chi connectivity index (χ3v) is 5.00. The summed E-state index contributed by atoms with van der Waals surface area (Å²) in [5.41, 5.74) is 1.06. The number of rotatable bonds is 5. The molecule has 0 aliphatic carbocycles. The van der Waals surface area contributed by atoms with Crippen molar-refractivity contribution < 1.29 is 0 Å². The molecule has 1 aromatic carbocycles. The van der Waals surface area contributed by atoms with E-state index in [1.165, 1.54) is 4.88 Å². The number of halogens is 3. The van der Waals surface area contributed by atoms with E-state index in [2.05, 4.69) is 40.3 Å². The van der Waals surface area contributed by atoms with Crippen molar-refractivity contribution in [3.8, 4) is 0 Å². The second kappa shape index (κ2) is 7.09. The third-order valence-electron chi connectivity index (χ3n) is 2.75. The molecule has 102 valence electrons. The van der Waals surface area contributed by atoms with Gasteiger partial charge in [-0.2, -0.15) is 0 Å². The van der Waals surface area contributed by atoms with Gasteiger partial charge in [0.05, 0.1) is 9.83 Å². The second-order valence-electron chi connectivity index (χ2n) is 4.19. The Kier molecular flexibility index (Phi) is 5.72. The van der Waals surface area contributed by atoms with Crippen LogP contribution in [0.5, 0.6) is 0 Å². The minimum Gasteiger partial charge on any atom is -0.306 e. The van der Waals surface area contributed by atoms with Crippen LogP contribution in [0.2, 0.25) is 10.0 Å². The second-order valence-corrected chi connectivity index (χ2v) is 7.53. The molecule has 19 heavy (non-hydrogen) atoms. The van der Waals surface area contributed by atoms with Gasteiger partial charge in [-0.25, -0.2) is 0 Å². The summed E-state index contributed by atoms with van der Waals surface area (Å²) >= 11 is 17.5. The van der Waals surface area contributed by atoms with Gasteiger partial charge < -0.3 is 5.32 Å². The average Bonchev–Trinajstić information content (AvgIpc) is 2.78. The Bertz CT molecular complexity index is 556. The molecule has 0 aliphatic heterocycles. The molecule has 0 spiro atoms. The van der Waals surface area contributed by atoms with Crippen molar-refractivity contribution in [1.82, 2.24) is 5.32 Å². The number of hydrogen-bond donors (Lipinski definition) is 1. The first-order valence-electron chi connectivity index (χ1n) is 6.05. The van der Waals surface area contributed by atoms with Crippen LogP contribution in [0.3, 0.4) is 0 Å². The lowest BCUT2D eigenvalue weighted by atomic mass is 10.1. The van der Waals surface area contributed by atoms with Crippen LogP contribution in [0.15, 0.2) is 34.1 Å². The lowest BCUT2D eigenvalue weighted by Crippen LogP contribution is -2.22. The summed E-state index contributed by atoms with van der Waals surface area (Å²) < 4.78 is 1.12. The Balaban J connectivity index is 2.36. The molecular formula is C14H14BrCl2NS. The maximum atomic E-state index is 6.33. The van der Waals surface area contributed by atoms with Gasteiger partial charge in [-0.3, -0.25) is 0 Å². The highest BCUT2D eigenvalue weighted by Crippen LogP contribution is 2.35. The summed E-state index contributed by atoms with van der Waals surface area (Å²) in [4.78, 5) is 1.24. The molecule has 1 heterocycles. The van der Waals surface area contributed by atoms with Gasteiger partial charge in [0.1, 0.15) is 0 Å². The molecule has 0 aliphatic rings. The number of nitrogens with one attached hydrogen (secondary N) is 1. The molecule has 0 amide bonds. The summed E-state index contributed by atoms with van der Waals surface area (Å²) in [6.45, 7) is 3.09. The molecule has 1 N–H and O–H groups in total. The zero-order valence-electron chi connectivity index (χ0n) is 10.4. The van der Waals surface area contributed by atoms with E-state index < -0.39 is 0 Å². The van der Waals surface area contributed by atoms with E-state index in [0.29, 0.717) is 10.0 Å². The minimum atomic E-state index is 0.112. The van der Waals surface area contributed by atoms with Crippen molar-refractivity contribution in [3.63, 3.8) is 0 Å². The topological polar surface area (TPSA) is 12.0 Å². The van der Waals surface area contributed by atoms with Gasteiger partial charge in [-0.15, -0.1) is 11.3 Å².